The highest BCUT2D eigenvalue weighted by Gasteiger charge is 2.06. The van der Waals surface area contributed by atoms with Gasteiger partial charge in [-0.15, -0.1) is 0 Å². The lowest BCUT2D eigenvalue weighted by molar-refractivity contribution is -0.146. The molecule has 6 heteroatoms. The minimum absolute atomic E-state index is 0.153. The summed E-state index contributed by atoms with van der Waals surface area (Å²) in [6.45, 7) is 5.36. The van der Waals surface area contributed by atoms with E-state index in [1.807, 2.05) is 28.1 Å². The third kappa shape index (κ3) is 13.8. The molecule has 0 N–H and O–H groups in total. The number of rotatable bonds is 13. The number of hydrogen-bond donors (Lipinski definition) is 0. The maximum absolute atomic E-state index is 11.6. The van der Waals surface area contributed by atoms with Crippen molar-refractivity contribution >= 4 is 11.9 Å². The number of carbonyl (C=O) groups excluding carboxylic acids is 2. The molecule has 0 radical (unpaired) electrons. The highest BCUT2D eigenvalue weighted by atomic mass is 16.5. The van der Waals surface area contributed by atoms with Crippen LogP contribution in [0.1, 0.15) is 39.0 Å². The minimum Gasteiger partial charge on any atom is -0.466 e. The molecule has 0 atom stereocenters. The fourth-order valence-corrected chi connectivity index (χ4v) is 1.69. The summed E-state index contributed by atoms with van der Waals surface area (Å²) in [7, 11) is 6.06. The van der Waals surface area contributed by atoms with Gasteiger partial charge < -0.3 is 19.3 Å². The lowest BCUT2D eigenvalue weighted by atomic mass is 10.3. The zero-order valence-corrected chi connectivity index (χ0v) is 14.6. The molecule has 0 rings (SSSR count). The van der Waals surface area contributed by atoms with Crippen LogP contribution < -0.4 is 0 Å². The number of ether oxygens (including phenoxy) is 2. The molecule has 0 aliphatic heterocycles. The van der Waals surface area contributed by atoms with Crippen molar-refractivity contribution in [3.63, 3.8) is 0 Å². The molecule has 22 heavy (non-hydrogen) atoms. The lowest BCUT2D eigenvalue weighted by Gasteiger charge is -2.18. The predicted octanol–water partition coefficient (Wildman–Crippen LogP) is 1.54. The second kappa shape index (κ2) is 13.5. The average molecular weight is 316 g/mol. The third-order valence-corrected chi connectivity index (χ3v) is 3.15. The zero-order chi connectivity index (χ0) is 16.8. The average Bonchev–Trinajstić information content (AvgIpc) is 2.46. The minimum atomic E-state index is -0.167. The van der Waals surface area contributed by atoms with Gasteiger partial charge in [0.1, 0.15) is 0 Å². The van der Waals surface area contributed by atoms with E-state index in [0.29, 0.717) is 32.6 Å². The van der Waals surface area contributed by atoms with Gasteiger partial charge in [0, 0.05) is 26.1 Å². The van der Waals surface area contributed by atoms with E-state index < -0.39 is 0 Å². The Morgan fingerprint density at radius 1 is 0.818 bits per heavy atom. The fourth-order valence-electron chi connectivity index (χ4n) is 1.69. The van der Waals surface area contributed by atoms with Gasteiger partial charge in [-0.2, -0.15) is 0 Å². The second-order valence-corrected chi connectivity index (χ2v) is 5.75. The van der Waals surface area contributed by atoms with Crippen molar-refractivity contribution in [2.75, 3.05) is 54.0 Å². The van der Waals surface area contributed by atoms with E-state index in [4.69, 9.17) is 9.47 Å². The Balaban J connectivity index is 3.44. The van der Waals surface area contributed by atoms with E-state index in [9.17, 15) is 9.59 Å². The number of carbonyl (C=O) groups is 2. The highest BCUT2D eigenvalue weighted by Crippen LogP contribution is 1.98. The second-order valence-electron chi connectivity index (χ2n) is 5.75. The summed E-state index contributed by atoms with van der Waals surface area (Å²) in [5, 5.41) is 0. The molecular weight excluding hydrogens is 284 g/mol. The maximum Gasteiger partial charge on any atom is 0.307 e. The molecule has 130 valence electrons. The van der Waals surface area contributed by atoms with Crippen LogP contribution in [0.25, 0.3) is 0 Å². The van der Waals surface area contributed by atoms with Crippen LogP contribution in [0.2, 0.25) is 0 Å². The predicted molar refractivity (Wildman–Crippen MR) is 86.7 cm³/mol. The largest absolute Gasteiger partial charge is 0.466 e. The van der Waals surface area contributed by atoms with E-state index in [1.165, 1.54) is 0 Å². The summed E-state index contributed by atoms with van der Waals surface area (Å²) < 4.78 is 10.2. The molecule has 0 saturated carbocycles. The Labute approximate surface area is 134 Å². The van der Waals surface area contributed by atoms with E-state index in [0.717, 1.165) is 32.4 Å². The summed E-state index contributed by atoms with van der Waals surface area (Å²) >= 11 is 0. The monoisotopic (exact) mass is 316 g/mol. The highest BCUT2D eigenvalue weighted by molar-refractivity contribution is 5.69. The van der Waals surface area contributed by atoms with E-state index in [2.05, 4.69) is 9.80 Å². The lowest BCUT2D eigenvalue weighted by Crippen LogP contribution is -2.30. The van der Waals surface area contributed by atoms with E-state index >= 15 is 0 Å². The molecule has 0 aromatic rings. The number of unbranched alkanes of at least 4 members (excludes halogenated alkanes) is 1. The molecule has 0 fully saturated rings. The molecule has 0 heterocycles. The van der Waals surface area contributed by atoms with Gasteiger partial charge in [-0.1, -0.05) is 6.92 Å². The SMILES string of the molecule is CCCC(=O)OCCCCOC(=O)CCN(C)CCN(C)C. The van der Waals surface area contributed by atoms with Crippen LogP contribution >= 0.6 is 0 Å². The molecule has 6 nitrogen and oxygen atoms in total. The van der Waals surface area contributed by atoms with Crippen LogP contribution in [-0.2, 0) is 19.1 Å². The van der Waals surface area contributed by atoms with Crippen LogP contribution in [0.3, 0.4) is 0 Å². The van der Waals surface area contributed by atoms with Gasteiger partial charge in [0.15, 0.2) is 0 Å². The first-order chi connectivity index (χ1) is 10.5. The van der Waals surface area contributed by atoms with Gasteiger partial charge in [-0.25, -0.2) is 0 Å². The first-order valence-corrected chi connectivity index (χ1v) is 8.10. The number of esters is 2. The normalized spacial score (nSPS) is 11.0. The molecule has 0 aromatic carbocycles. The zero-order valence-electron chi connectivity index (χ0n) is 14.6. The Hall–Kier alpha value is -1.14. The van der Waals surface area contributed by atoms with Gasteiger partial charge >= 0.3 is 11.9 Å². The Kier molecular flexibility index (Phi) is 12.8. The summed E-state index contributed by atoms with van der Waals surface area (Å²) in [6, 6.07) is 0. The smallest absolute Gasteiger partial charge is 0.307 e. The van der Waals surface area contributed by atoms with Gasteiger partial charge in [-0.3, -0.25) is 9.59 Å². The number of nitrogens with zero attached hydrogens (tertiary/aromatic N) is 2. The molecule has 0 aromatic heterocycles. The molecule has 0 unspecified atom stereocenters. The molecular formula is C16H32N2O4. The fraction of sp³-hybridized carbons (Fsp3) is 0.875. The molecule has 0 bridgehead atoms. The van der Waals surface area contributed by atoms with Gasteiger partial charge in [0.05, 0.1) is 19.6 Å². The molecule has 0 amide bonds. The summed E-state index contributed by atoms with van der Waals surface area (Å²) in [5.41, 5.74) is 0. The van der Waals surface area contributed by atoms with Gasteiger partial charge in [-0.05, 0) is 40.4 Å². The van der Waals surface area contributed by atoms with Gasteiger partial charge in [0.25, 0.3) is 0 Å². The van der Waals surface area contributed by atoms with E-state index in [1.54, 1.807) is 0 Å². The molecule has 0 aliphatic carbocycles. The quantitative estimate of drug-likeness (QED) is 0.379. The van der Waals surface area contributed by atoms with Crippen molar-refractivity contribution in [3.8, 4) is 0 Å². The summed E-state index contributed by atoms with van der Waals surface area (Å²) in [4.78, 5) is 26.9. The third-order valence-electron chi connectivity index (χ3n) is 3.15. The molecule has 0 saturated heterocycles. The van der Waals surface area contributed by atoms with E-state index in [-0.39, 0.29) is 11.9 Å². The summed E-state index contributed by atoms with van der Waals surface area (Å²) in [6.07, 6.45) is 3.14. The number of likely N-dealkylation sites (N-methyl/N-ethyl adjacent to an activating group) is 2. The Morgan fingerprint density at radius 2 is 1.36 bits per heavy atom. The first kappa shape index (κ1) is 20.9. The van der Waals surface area contributed by atoms with Crippen molar-refractivity contribution < 1.29 is 19.1 Å². The van der Waals surface area contributed by atoms with Crippen molar-refractivity contribution in [3.05, 3.63) is 0 Å². The standard InChI is InChI=1S/C16H32N2O4/c1-5-8-15(19)21-13-6-7-14-22-16(20)9-10-18(4)12-11-17(2)3/h5-14H2,1-4H3. The van der Waals surface area contributed by atoms with Crippen LogP contribution in [-0.4, -0.2) is 75.7 Å². The van der Waals surface area contributed by atoms with Crippen LogP contribution in [0, 0.1) is 0 Å². The van der Waals surface area contributed by atoms with Crippen LogP contribution in [0.4, 0.5) is 0 Å². The maximum atomic E-state index is 11.6. The number of hydrogen-bond acceptors (Lipinski definition) is 6. The van der Waals surface area contributed by atoms with Crippen molar-refractivity contribution in [1.29, 1.82) is 0 Å². The van der Waals surface area contributed by atoms with Crippen molar-refractivity contribution in [2.45, 2.75) is 39.0 Å². The van der Waals surface area contributed by atoms with Crippen molar-refractivity contribution in [2.24, 2.45) is 0 Å². The Bertz CT molecular complexity index is 309. The van der Waals surface area contributed by atoms with Crippen molar-refractivity contribution in [1.82, 2.24) is 9.80 Å². The molecule has 0 spiro atoms. The topological polar surface area (TPSA) is 59.1 Å². The van der Waals surface area contributed by atoms with Crippen LogP contribution in [0.15, 0.2) is 0 Å². The first-order valence-electron chi connectivity index (χ1n) is 8.10. The summed E-state index contributed by atoms with van der Waals surface area (Å²) in [5.74, 6) is -0.320. The molecule has 0 aliphatic rings. The van der Waals surface area contributed by atoms with Gasteiger partial charge in [0.2, 0.25) is 0 Å². The Morgan fingerprint density at radius 3 is 1.86 bits per heavy atom. The van der Waals surface area contributed by atoms with Crippen LogP contribution in [0.5, 0.6) is 0 Å².